The van der Waals surface area contributed by atoms with Gasteiger partial charge in [-0.3, -0.25) is 9.78 Å². The minimum atomic E-state index is -0.105. The first kappa shape index (κ1) is 18.5. The van der Waals surface area contributed by atoms with E-state index in [4.69, 9.17) is 10.7 Å². The summed E-state index contributed by atoms with van der Waals surface area (Å²) < 4.78 is 0. The first-order valence-corrected chi connectivity index (χ1v) is 9.16. The van der Waals surface area contributed by atoms with Crippen molar-refractivity contribution in [3.05, 3.63) is 77.9 Å². The Labute approximate surface area is 168 Å². The number of hydrogen-bond acceptors (Lipinski definition) is 6. The Morgan fingerprint density at radius 3 is 2.59 bits per heavy atom. The Balaban J connectivity index is 1.80. The number of para-hydroxylation sites is 1. The fourth-order valence-corrected chi connectivity index (χ4v) is 3.20. The summed E-state index contributed by atoms with van der Waals surface area (Å²) in [5.74, 6) is 0.0865. The van der Waals surface area contributed by atoms with Crippen molar-refractivity contribution >= 4 is 22.8 Å². The number of amides is 1. The Bertz CT molecular complexity index is 1180. The van der Waals surface area contributed by atoms with E-state index in [1.165, 1.54) is 0 Å². The summed E-state index contributed by atoms with van der Waals surface area (Å²) in [5, 5.41) is 0.808. The van der Waals surface area contributed by atoms with E-state index in [0.29, 0.717) is 23.4 Å². The topological polar surface area (TPSA) is 97.9 Å². The molecule has 4 rings (SSSR count). The van der Waals surface area contributed by atoms with E-state index in [0.717, 1.165) is 22.2 Å². The summed E-state index contributed by atoms with van der Waals surface area (Å²) in [7, 11) is 1.77. The lowest BCUT2D eigenvalue weighted by atomic mass is 10.0. The van der Waals surface area contributed by atoms with Crippen LogP contribution < -0.4 is 5.73 Å². The Morgan fingerprint density at radius 2 is 1.86 bits per heavy atom. The molecule has 3 aromatic heterocycles. The molecule has 0 radical (unpaired) electrons. The highest BCUT2D eigenvalue weighted by Crippen LogP contribution is 2.27. The fourth-order valence-electron chi connectivity index (χ4n) is 3.20. The third-order valence-electron chi connectivity index (χ3n) is 4.71. The number of carbonyl (C=O) groups is 1. The predicted octanol–water partition coefficient (Wildman–Crippen LogP) is 3.25. The monoisotopic (exact) mass is 384 g/mol. The molecule has 1 amide bonds. The second-order valence-corrected chi connectivity index (χ2v) is 6.84. The number of aromatic nitrogens is 4. The van der Waals surface area contributed by atoms with Gasteiger partial charge in [-0.15, -0.1) is 0 Å². The van der Waals surface area contributed by atoms with Crippen LogP contribution in [-0.4, -0.2) is 37.8 Å². The highest BCUT2D eigenvalue weighted by Gasteiger charge is 2.19. The van der Waals surface area contributed by atoms with Crippen LogP contribution in [0.4, 0.5) is 5.95 Å². The fraction of sp³-hybridized carbons (Fsp3) is 0.136. The van der Waals surface area contributed by atoms with Crippen LogP contribution in [0.15, 0.2) is 61.1 Å². The summed E-state index contributed by atoms with van der Waals surface area (Å²) in [6.07, 6.45) is 4.94. The van der Waals surface area contributed by atoms with Gasteiger partial charge >= 0.3 is 0 Å². The normalized spacial score (nSPS) is 10.8. The van der Waals surface area contributed by atoms with Gasteiger partial charge in [0.1, 0.15) is 0 Å². The third kappa shape index (κ3) is 3.75. The second-order valence-electron chi connectivity index (χ2n) is 6.84. The molecule has 2 N–H and O–H groups in total. The van der Waals surface area contributed by atoms with Crippen molar-refractivity contribution in [2.75, 3.05) is 12.8 Å². The van der Waals surface area contributed by atoms with Gasteiger partial charge in [-0.1, -0.05) is 24.3 Å². The summed E-state index contributed by atoms with van der Waals surface area (Å²) in [6.45, 7) is 2.39. The highest BCUT2D eigenvalue weighted by molar-refractivity contribution is 6.07. The minimum Gasteiger partial charge on any atom is -0.368 e. The standard InChI is InChI=1S/C22H20N6O/c1-14-6-5-8-17-18(21(29)28(2)13-16-7-3-4-9-24-16)10-19(27-20(14)17)15-11-25-22(23)26-12-15/h3-12H,13H2,1-2H3,(H2,23,25,26). The molecule has 7 nitrogen and oxygen atoms in total. The van der Waals surface area contributed by atoms with Crippen molar-refractivity contribution in [3.8, 4) is 11.3 Å². The molecule has 0 fully saturated rings. The van der Waals surface area contributed by atoms with Crippen molar-refractivity contribution in [2.24, 2.45) is 0 Å². The zero-order valence-corrected chi connectivity index (χ0v) is 16.2. The number of rotatable bonds is 4. The molecular weight excluding hydrogens is 364 g/mol. The van der Waals surface area contributed by atoms with Gasteiger partial charge in [0.2, 0.25) is 5.95 Å². The summed E-state index contributed by atoms with van der Waals surface area (Å²) >= 11 is 0. The average Bonchev–Trinajstić information content (AvgIpc) is 2.74. The van der Waals surface area contributed by atoms with Gasteiger partial charge in [0.05, 0.1) is 29.0 Å². The molecule has 3 heterocycles. The summed E-state index contributed by atoms with van der Waals surface area (Å²) in [6, 6.07) is 13.3. The van der Waals surface area contributed by atoms with E-state index < -0.39 is 0 Å². The van der Waals surface area contributed by atoms with Gasteiger partial charge < -0.3 is 10.6 Å². The number of fused-ring (bicyclic) bond motifs is 1. The molecule has 0 atom stereocenters. The number of benzene rings is 1. The van der Waals surface area contributed by atoms with Crippen molar-refractivity contribution < 1.29 is 4.79 Å². The number of pyridine rings is 2. The van der Waals surface area contributed by atoms with Gasteiger partial charge in [0.25, 0.3) is 5.91 Å². The average molecular weight is 384 g/mol. The number of anilines is 1. The molecule has 7 heteroatoms. The number of carbonyl (C=O) groups excluding carboxylic acids is 1. The second kappa shape index (κ2) is 7.63. The number of aryl methyl sites for hydroxylation is 1. The summed E-state index contributed by atoms with van der Waals surface area (Å²) in [4.78, 5) is 32.1. The molecule has 0 aliphatic carbocycles. The van der Waals surface area contributed by atoms with Crippen LogP contribution in [0.3, 0.4) is 0 Å². The van der Waals surface area contributed by atoms with Gasteiger partial charge in [0, 0.05) is 36.6 Å². The first-order valence-electron chi connectivity index (χ1n) is 9.16. The van der Waals surface area contributed by atoms with Gasteiger partial charge in [0.15, 0.2) is 0 Å². The molecule has 0 spiro atoms. The van der Waals surface area contributed by atoms with E-state index in [9.17, 15) is 4.79 Å². The first-order chi connectivity index (χ1) is 14.0. The molecule has 0 aliphatic rings. The lowest BCUT2D eigenvalue weighted by molar-refractivity contribution is 0.0785. The molecule has 0 aliphatic heterocycles. The molecule has 144 valence electrons. The van der Waals surface area contributed by atoms with E-state index in [2.05, 4.69) is 15.0 Å². The van der Waals surface area contributed by atoms with Crippen LogP contribution in [0, 0.1) is 6.92 Å². The SMILES string of the molecule is Cc1cccc2c(C(=O)N(C)Cc3ccccn3)cc(-c3cnc(N)nc3)nc12. The number of nitrogen functional groups attached to an aromatic ring is 1. The molecule has 0 saturated carbocycles. The number of nitrogens with zero attached hydrogens (tertiary/aromatic N) is 5. The quantitative estimate of drug-likeness (QED) is 0.580. The van der Waals surface area contributed by atoms with Gasteiger partial charge in [-0.2, -0.15) is 0 Å². The van der Waals surface area contributed by atoms with E-state index >= 15 is 0 Å². The maximum absolute atomic E-state index is 13.3. The lowest BCUT2D eigenvalue weighted by Crippen LogP contribution is -2.27. The number of hydrogen-bond donors (Lipinski definition) is 1. The zero-order valence-electron chi connectivity index (χ0n) is 16.2. The predicted molar refractivity (Wildman–Crippen MR) is 112 cm³/mol. The lowest BCUT2D eigenvalue weighted by Gasteiger charge is -2.19. The van der Waals surface area contributed by atoms with E-state index in [-0.39, 0.29) is 11.9 Å². The Kier molecular flexibility index (Phi) is 4.87. The van der Waals surface area contributed by atoms with Crippen molar-refractivity contribution in [3.63, 3.8) is 0 Å². The minimum absolute atomic E-state index is 0.105. The molecule has 0 unspecified atom stereocenters. The largest absolute Gasteiger partial charge is 0.368 e. The molecule has 4 aromatic rings. The van der Waals surface area contributed by atoms with Crippen LogP contribution in [0.25, 0.3) is 22.2 Å². The van der Waals surface area contributed by atoms with Crippen LogP contribution in [0.1, 0.15) is 21.6 Å². The van der Waals surface area contributed by atoms with Gasteiger partial charge in [-0.05, 0) is 30.7 Å². The van der Waals surface area contributed by atoms with E-state index in [1.807, 2.05) is 43.3 Å². The van der Waals surface area contributed by atoms with Crippen LogP contribution in [0.5, 0.6) is 0 Å². The smallest absolute Gasteiger partial charge is 0.254 e. The zero-order chi connectivity index (χ0) is 20.4. The Morgan fingerprint density at radius 1 is 1.07 bits per heavy atom. The van der Waals surface area contributed by atoms with E-state index in [1.54, 1.807) is 36.6 Å². The number of nitrogens with two attached hydrogens (primary N) is 1. The molecule has 1 aromatic carbocycles. The van der Waals surface area contributed by atoms with Crippen LogP contribution in [-0.2, 0) is 6.54 Å². The molecule has 0 saturated heterocycles. The Hall–Kier alpha value is -3.87. The van der Waals surface area contributed by atoms with Gasteiger partial charge in [-0.25, -0.2) is 15.0 Å². The third-order valence-corrected chi connectivity index (χ3v) is 4.71. The molecular formula is C22H20N6O. The maximum Gasteiger partial charge on any atom is 0.254 e. The highest BCUT2D eigenvalue weighted by atomic mass is 16.2. The summed E-state index contributed by atoms with van der Waals surface area (Å²) in [5.41, 5.74) is 10.1. The van der Waals surface area contributed by atoms with Crippen molar-refractivity contribution in [1.82, 2.24) is 24.8 Å². The van der Waals surface area contributed by atoms with Crippen molar-refractivity contribution in [2.45, 2.75) is 13.5 Å². The molecule has 29 heavy (non-hydrogen) atoms. The maximum atomic E-state index is 13.3. The van der Waals surface area contributed by atoms with Crippen molar-refractivity contribution in [1.29, 1.82) is 0 Å². The van der Waals surface area contributed by atoms with Crippen LogP contribution in [0.2, 0.25) is 0 Å². The molecule has 0 bridgehead atoms. The van der Waals surface area contributed by atoms with Crippen LogP contribution >= 0.6 is 0 Å².